The van der Waals surface area contributed by atoms with E-state index in [2.05, 4.69) is 21.6 Å². The standard InChI is InChI=1S/C18H20ClN3O2S/c19-15-9-5-4-8-14(15)17-21-22-18(24-17)25-12-16(23)20-11-10-13-6-2-1-3-7-13/h4-6,8-9H,1-3,7,10-12H2,(H,20,23). The van der Waals surface area contributed by atoms with E-state index in [4.69, 9.17) is 16.0 Å². The van der Waals surface area contributed by atoms with Crippen molar-refractivity contribution in [3.8, 4) is 11.5 Å². The lowest BCUT2D eigenvalue weighted by Gasteiger charge is -2.12. The number of amides is 1. The largest absolute Gasteiger partial charge is 0.411 e. The number of rotatable bonds is 7. The second-order valence-electron chi connectivity index (χ2n) is 5.85. The number of hydrogen-bond donors (Lipinski definition) is 1. The van der Waals surface area contributed by atoms with Crippen molar-refractivity contribution in [2.45, 2.75) is 37.3 Å². The highest BCUT2D eigenvalue weighted by atomic mass is 35.5. The summed E-state index contributed by atoms with van der Waals surface area (Å²) in [6.07, 6.45) is 8.13. The third kappa shape index (κ3) is 5.34. The fourth-order valence-corrected chi connectivity index (χ4v) is 3.49. The molecule has 1 heterocycles. The highest BCUT2D eigenvalue weighted by Gasteiger charge is 2.13. The van der Waals surface area contributed by atoms with Crippen LogP contribution in [-0.4, -0.2) is 28.4 Å². The molecule has 1 aliphatic carbocycles. The van der Waals surface area contributed by atoms with E-state index in [9.17, 15) is 4.79 Å². The average Bonchev–Trinajstić information content (AvgIpc) is 3.10. The van der Waals surface area contributed by atoms with Crippen LogP contribution in [0.2, 0.25) is 5.02 Å². The van der Waals surface area contributed by atoms with E-state index in [1.54, 1.807) is 6.07 Å². The number of thioether (sulfide) groups is 1. The molecular formula is C18H20ClN3O2S. The lowest BCUT2D eigenvalue weighted by Crippen LogP contribution is -2.26. The monoisotopic (exact) mass is 377 g/mol. The van der Waals surface area contributed by atoms with Gasteiger partial charge in [-0.1, -0.05) is 47.1 Å². The maximum absolute atomic E-state index is 11.9. The lowest BCUT2D eigenvalue weighted by atomic mass is 9.97. The fraction of sp³-hybridized carbons (Fsp3) is 0.389. The molecule has 0 saturated heterocycles. The first-order valence-electron chi connectivity index (χ1n) is 8.38. The molecule has 132 valence electrons. The van der Waals surface area contributed by atoms with Gasteiger partial charge in [0.1, 0.15) is 0 Å². The number of carbonyl (C=O) groups is 1. The Balaban J connectivity index is 1.43. The van der Waals surface area contributed by atoms with Crippen molar-refractivity contribution in [2.75, 3.05) is 12.3 Å². The number of aromatic nitrogens is 2. The van der Waals surface area contributed by atoms with Gasteiger partial charge in [-0.15, -0.1) is 10.2 Å². The Morgan fingerprint density at radius 1 is 1.28 bits per heavy atom. The van der Waals surface area contributed by atoms with Crippen LogP contribution in [0.25, 0.3) is 11.5 Å². The van der Waals surface area contributed by atoms with E-state index < -0.39 is 0 Å². The number of nitrogens with one attached hydrogen (secondary N) is 1. The molecule has 0 fully saturated rings. The van der Waals surface area contributed by atoms with Gasteiger partial charge in [0.25, 0.3) is 5.22 Å². The zero-order valence-corrected chi connectivity index (χ0v) is 15.4. The molecule has 1 amide bonds. The van der Waals surface area contributed by atoms with Gasteiger partial charge in [-0.25, -0.2) is 0 Å². The first-order valence-corrected chi connectivity index (χ1v) is 9.74. The maximum atomic E-state index is 11.9. The Bertz CT molecular complexity index is 760. The van der Waals surface area contributed by atoms with Crippen LogP contribution in [0.15, 0.2) is 45.6 Å². The number of hydrogen-bond acceptors (Lipinski definition) is 5. The van der Waals surface area contributed by atoms with Crippen LogP contribution in [0, 0.1) is 0 Å². The van der Waals surface area contributed by atoms with E-state index in [0.717, 1.165) is 12.8 Å². The molecule has 0 saturated carbocycles. The highest BCUT2D eigenvalue weighted by Crippen LogP contribution is 2.28. The maximum Gasteiger partial charge on any atom is 0.277 e. The minimum atomic E-state index is -0.0288. The van der Waals surface area contributed by atoms with E-state index in [-0.39, 0.29) is 11.7 Å². The summed E-state index contributed by atoms with van der Waals surface area (Å²) < 4.78 is 5.57. The van der Waals surface area contributed by atoms with Crippen LogP contribution in [-0.2, 0) is 4.79 Å². The molecule has 1 N–H and O–H groups in total. The summed E-state index contributed by atoms with van der Waals surface area (Å²) in [5.74, 6) is 0.583. The van der Waals surface area contributed by atoms with E-state index in [1.807, 2.05) is 18.2 Å². The van der Waals surface area contributed by atoms with Crippen LogP contribution < -0.4 is 5.32 Å². The van der Waals surface area contributed by atoms with Crippen molar-refractivity contribution >= 4 is 29.3 Å². The van der Waals surface area contributed by atoms with Crippen molar-refractivity contribution in [3.05, 3.63) is 40.9 Å². The summed E-state index contributed by atoms with van der Waals surface area (Å²) in [6, 6.07) is 7.28. The number of halogens is 1. The zero-order valence-electron chi connectivity index (χ0n) is 13.8. The van der Waals surface area contributed by atoms with Crippen LogP contribution in [0.3, 0.4) is 0 Å². The predicted octanol–water partition coefficient (Wildman–Crippen LogP) is 4.49. The Morgan fingerprint density at radius 2 is 2.16 bits per heavy atom. The average molecular weight is 378 g/mol. The summed E-state index contributed by atoms with van der Waals surface area (Å²) in [6.45, 7) is 0.680. The van der Waals surface area contributed by atoms with Gasteiger partial charge < -0.3 is 9.73 Å². The van der Waals surface area contributed by atoms with Gasteiger partial charge in [-0.2, -0.15) is 0 Å². The number of carbonyl (C=O) groups excluding carboxylic acids is 1. The van der Waals surface area contributed by atoms with E-state index >= 15 is 0 Å². The van der Waals surface area contributed by atoms with Crippen molar-refractivity contribution in [2.24, 2.45) is 0 Å². The van der Waals surface area contributed by atoms with E-state index in [1.165, 1.54) is 36.6 Å². The Kier molecular flexibility index (Phi) is 6.53. The summed E-state index contributed by atoms with van der Waals surface area (Å²) in [5, 5.41) is 11.8. The van der Waals surface area contributed by atoms with Gasteiger partial charge in [-0.3, -0.25) is 4.79 Å². The number of benzene rings is 1. The number of nitrogens with zero attached hydrogens (tertiary/aromatic N) is 2. The van der Waals surface area contributed by atoms with Gasteiger partial charge in [0.15, 0.2) is 0 Å². The van der Waals surface area contributed by atoms with Gasteiger partial charge in [0, 0.05) is 6.54 Å². The van der Waals surface area contributed by atoms with Crippen LogP contribution >= 0.6 is 23.4 Å². The summed E-state index contributed by atoms with van der Waals surface area (Å²) in [7, 11) is 0. The van der Waals surface area contributed by atoms with Crippen LogP contribution in [0.5, 0.6) is 0 Å². The third-order valence-corrected chi connectivity index (χ3v) is 5.14. The summed E-state index contributed by atoms with van der Waals surface area (Å²) in [5.41, 5.74) is 2.15. The van der Waals surface area contributed by atoms with Crippen molar-refractivity contribution < 1.29 is 9.21 Å². The topological polar surface area (TPSA) is 68.0 Å². The minimum absolute atomic E-state index is 0.0288. The molecule has 0 atom stereocenters. The first-order chi connectivity index (χ1) is 12.2. The van der Waals surface area contributed by atoms with Gasteiger partial charge >= 0.3 is 0 Å². The highest BCUT2D eigenvalue weighted by molar-refractivity contribution is 7.99. The molecular weight excluding hydrogens is 358 g/mol. The summed E-state index contributed by atoms with van der Waals surface area (Å²) >= 11 is 7.34. The molecule has 0 aliphatic heterocycles. The van der Waals surface area contributed by atoms with Crippen molar-refractivity contribution in [1.29, 1.82) is 0 Å². The van der Waals surface area contributed by atoms with Gasteiger partial charge in [0.2, 0.25) is 11.8 Å². The lowest BCUT2D eigenvalue weighted by molar-refractivity contribution is -0.118. The van der Waals surface area contributed by atoms with E-state index in [0.29, 0.717) is 28.2 Å². The summed E-state index contributed by atoms with van der Waals surface area (Å²) in [4.78, 5) is 11.9. The zero-order chi connectivity index (χ0) is 17.5. The van der Waals surface area contributed by atoms with Gasteiger partial charge in [-0.05, 0) is 44.2 Å². The van der Waals surface area contributed by atoms with Crippen LogP contribution in [0.1, 0.15) is 32.1 Å². The van der Waals surface area contributed by atoms with Crippen molar-refractivity contribution in [3.63, 3.8) is 0 Å². The minimum Gasteiger partial charge on any atom is -0.411 e. The molecule has 5 nitrogen and oxygen atoms in total. The molecule has 1 aromatic carbocycles. The Morgan fingerprint density at radius 3 is 2.96 bits per heavy atom. The third-order valence-electron chi connectivity index (χ3n) is 3.99. The molecule has 1 aliphatic rings. The fourth-order valence-electron chi connectivity index (χ4n) is 2.68. The number of allylic oxidation sites excluding steroid dienone is 1. The quantitative estimate of drug-likeness (QED) is 0.568. The molecule has 3 rings (SSSR count). The molecule has 0 spiro atoms. The molecule has 0 unspecified atom stereocenters. The molecule has 7 heteroatoms. The van der Waals surface area contributed by atoms with Crippen molar-refractivity contribution in [1.82, 2.24) is 15.5 Å². The van der Waals surface area contributed by atoms with Crippen LogP contribution in [0.4, 0.5) is 0 Å². The molecule has 25 heavy (non-hydrogen) atoms. The van der Waals surface area contributed by atoms with Gasteiger partial charge in [0.05, 0.1) is 16.3 Å². The molecule has 0 radical (unpaired) electrons. The SMILES string of the molecule is O=C(CSc1nnc(-c2ccccc2Cl)o1)NCCC1=CCCCC1. The second kappa shape index (κ2) is 9.06. The first kappa shape index (κ1) is 18.0. The Labute approximate surface area is 156 Å². The smallest absolute Gasteiger partial charge is 0.277 e. The molecule has 1 aromatic heterocycles. The Hall–Kier alpha value is -1.79. The second-order valence-corrected chi connectivity index (χ2v) is 7.18. The molecule has 2 aromatic rings. The predicted molar refractivity (Wildman–Crippen MR) is 99.6 cm³/mol. The molecule has 0 bridgehead atoms. The normalized spacial score (nSPS) is 14.2.